The second-order valence-corrected chi connectivity index (χ2v) is 5.56. The van der Waals surface area contributed by atoms with E-state index >= 15 is 0 Å². The Morgan fingerprint density at radius 2 is 2.05 bits per heavy atom. The van der Waals surface area contributed by atoms with E-state index in [1.165, 1.54) is 31.4 Å². The van der Waals surface area contributed by atoms with Gasteiger partial charge in [0, 0.05) is 37.4 Å². The molecule has 2 amide bonds. The first-order chi connectivity index (χ1) is 9.72. The predicted octanol–water partition coefficient (Wildman–Crippen LogP) is 2.56. The molecule has 5 nitrogen and oxygen atoms in total. The molecule has 1 aliphatic carbocycles. The average molecular weight is 278 g/mol. The van der Waals surface area contributed by atoms with Gasteiger partial charge in [0.05, 0.1) is 0 Å². The summed E-state index contributed by atoms with van der Waals surface area (Å²) < 4.78 is 2.37. The highest BCUT2D eigenvalue weighted by Gasteiger charge is 2.20. The van der Waals surface area contributed by atoms with E-state index in [2.05, 4.69) is 27.1 Å². The second kappa shape index (κ2) is 7.31. The lowest BCUT2D eigenvalue weighted by molar-refractivity contribution is 0.241. The number of hydrogen-bond donors (Lipinski definition) is 2. The largest absolute Gasteiger partial charge is 0.338 e. The molecule has 5 heteroatoms. The monoisotopic (exact) mass is 278 g/mol. The van der Waals surface area contributed by atoms with Crippen molar-refractivity contribution in [1.29, 1.82) is 0 Å². The van der Waals surface area contributed by atoms with Crippen molar-refractivity contribution in [3.05, 3.63) is 17.7 Å². The quantitative estimate of drug-likeness (QED) is 0.840. The van der Waals surface area contributed by atoms with Crippen LogP contribution in [0, 0.1) is 6.92 Å². The van der Waals surface area contributed by atoms with Gasteiger partial charge in [-0.15, -0.1) is 0 Å². The van der Waals surface area contributed by atoms with Crippen LogP contribution >= 0.6 is 0 Å². The SMILES string of the molecule is CCCNC(=O)NCCc1ncc(C)n1C1CCCC1. The van der Waals surface area contributed by atoms with Crippen molar-refractivity contribution in [3.8, 4) is 0 Å². The van der Waals surface area contributed by atoms with Crippen molar-refractivity contribution in [2.24, 2.45) is 0 Å². The first-order valence-electron chi connectivity index (χ1n) is 7.76. The predicted molar refractivity (Wildman–Crippen MR) is 79.9 cm³/mol. The van der Waals surface area contributed by atoms with Gasteiger partial charge in [-0.3, -0.25) is 0 Å². The lowest BCUT2D eigenvalue weighted by Gasteiger charge is -2.17. The molecule has 1 fully saturated rings. The molecule has 0 spiro atoms. The average Bonchev–Trinajstić information content (AvgIpc) is 3.06. The molecule has 1 heterocycles. The zero-order valence-corrected chi connectivity index (χ0v) is 12.6. The molecule has 0 aromatic carbocycles. The Morgan fingerprint density at radius 3 is 2.75 bits per heavy atom. The summed E-state index contributed by atoms with van der Waals surface area (Å²) in [5, 5.41) is 5.71. The fraction of sp³-hybridized carbons (Fsp3) is 0.733. The van der Waals surface area contributed by atoms with E-state index in [0.29, 0.717) is 12.6 Å². The van der Waals surface area contributed by atoms with Crippen molar-refractivity contribution < 1.29 is 4.79 Å². The number of aromatic nitrogens is 2. The first kappa shape index (κ1) is 14.9. The third-order valence-corrected chi connectivity index (χ3v) is 3.92. The summed E-state index contributed by atoms with van der Waals surface area (Å²) >= 11 is 0. The van der Waals surface area contributed by atoms with Crippen LogP contribution in [0.4, 0.5) is 4.79 Å². The summed E-state index contributed by atoms with van der Waals surface area (Å²) in [5.74, 6) is 1.10. The molecule has 1 aliphatic rings. The van der Waals surface area contributed by atoms with E-state index in [4.69, 9.17) is 0 Å². The molecule has 2 rings (SSSR count). The Morgan fingerprint density at radius 1 is 1.35 bits per heavy atom. The molecule has 0 aliphatic heterocycles. The van der Waals surface area contributed by atoms with Gasteiger partial charge in [0.15, 0.2) is 0 Å². The summed E-state index contributed by atoms with van der Waals surface area (Å²) in [5.41, 5.74) is 1.24. The van der Waals surface area contributed by atoms with Gasteiger partial charge in [-0.05, 0) is 26.2 Å². The number of carbonyl (C=O) groups is 1. The van der Waals surface area contributed by atoms with Crippen molar-refractivity contribution in [1.82, 2.24) is 20.2 Å². The van der Waals surface area contributed by atoms with Crippen molar-refractivity contribution >= 4 is 6.03 Å². The maximum absolute atomic E-state index is 11.5. The molecule has 112 valence electrons. The summed E-state index contributed by atoms with van der Waals surface area (Å²) in [6.07, 6.45) is 8.86. The highest BCUT2D eigenvalue weighted by molar-refractivity contribution is 5.73. The molecule has 2 N–H and O–H groups in total. The van der Waals surface area contributed by atoms with E-state index in [9.17, 15) is 4.79 Å². The van der Waals surface area contributed by atoms with Gasteiger partial charge in [0.1, 0.15) is 5.82 Å². The van der Waals surface area contributed by atoms with Gasteiger partial charge >= 0.3 is 6.03 Å². The van der Waals surface area contributed by atoms with E-state index in [1.54, 1.807) is 0 Å². The minimum atomic E-state index is -0.0810. The van der Waals surface area contributed by atoms with Gasteiger partial charge in [0.25, 0.3) is 0 Å². The van der Waals surface area contributed by atoms with Crippen LogP contribution in [0.2, 0.25) is 0 Å². The van der Waals surface area contributed by atoms with Crippen molar-refractivity contribution in [2.75, 3.05) is 13.1 Å². The number of nitrogens with one attached hydrogen (secondary N) is 2. The summed E-state index contributed by atoms with van der Waals surface area (Å²) in [6, 6.07) is 0.531. The van der Waals surface area contributed by atoms with E-state index < -0.39 is 0 Å². The van der Waals surface area contributed by atoms with Crippen molar-refractivity contribution in [2.45, 2.75) is 58.4 Å². The maximum Gasteiger partial charge on any atom is 0.314 e. The zero-order chi connectivity index (χ0) is 14.4. The van der Waals surface area contributed by atoms with Crippen LogP contribution < -0.4 is 10.6 Å². The first-order valence-corrected chi connectivity index (χ1v) is 7.76. The van der Waals surface area contributed by atoms with Gasteiger partial charge < -0.3 is 15.2 Å². The van der Waals surface area contributed by atoms with Crippen LogP contribution in [0.15, 0.2) is 6.20 Å². The molecular formula is C15H26N4O. The third kappa shape index (κ3) is 3.74. The molecule has 1 saturated carbocycles. The van der Waals surface area contributed by atoms with E-state index in [0.717, 1.165) is 25.2 Å². The molecule has 1 aromatic rings. The molecule has 20 heavy (non-hydrogen) atoms. The van der Waals surface area contributed by atoms with Crippen LogP contribution in [0.25, 0.3) is 0 Å². The van der Waals surface area contributed by atoms with Gasteiger partial charge in [-0.2, -0.15) is 0 Å². The smallest absolute Gasteiger partial charge is 0.314 e. The normalized spacial score (nSPS) is 15.5. The van der Waals surface area contributed by atoms with E-state index in [1.807, 2.05) is 13.1 Å². The van der Waals surface area contributed by atoms with Crippen LogP contribution in [0.1, 0.15) is 56.6 Å². The number of hydrogen-bond acceptors (Lipinski definition) is 2. The number of amides is 2. The van der Waals surface area contributed by atoms with Crippen LogP contribution in [0.3, 0.4) is 0 Å². The fourth-order valence-corrected chi connectivity index (χ4v) is 2.93. The third-order valence-electron chi connectivity index (χ3n) is 3.92. The molecule has 0 unspecified atom stereocenters. The molecule has 0 saturated heterocycles. The van der Waals surface area contributed by atoms with Crippen molar-refractivity contribution in [3.63, 3.8) is 0 Å². The minimum Gasteiger partial charge on any atom is -0.338 e. The molecular weight excluding hydrogens is 252 g/mol. The maximum atomic E-state index is 11.5. The topological polar surface area (TPSA) is 59.0 Å². The lowest BCUT2D eigenvalue weighted by atomic mass is 10.2. The van der Waals surface area contributed by atoms with E-state index in [-0.39, 0.29) is 6.03 Å². The molecule has 0 bridgehead atoms. The number of urea groups is 1. The Labute approximate surface area is 121 Å². The van der Waals surface area contributed by atoms with Gasteiger partial charge in [-0.25, -0.2) is 9.78 Å². The molecule has 1 aromatic heterocycles. The Balaban J connectivity index is 1.85. The minimum absolute atomic E-state index is 0.0810. The van der Waals surface area contributed by atoms with Crippen LogP contribution in [-0.4, -0.2) is 28.7 Å². The number of nitrogens with zero attached hydrogens (tertiary/aromatic N) is 2. The van der Waals surface area contributed by atoms with Crippen LogP contribution in [-0.2, 0) is 6.42 Å². The van der Waals surface area contributed by atoms with Gasteiger partial charge in [-0.1, -0.05) is 19.8 Å². The highest BCUT2D eigenvalue weighted by Crippen LogP contribution is 2.31. The standard InChI is InChI=1S/C15H26N4O/c1-3-9-16-15(20)17-10-8-14-18-11-12(2)19(14)13-6-4-5-7-13/h11,13H,3-10H2,1-2H3,(H2,16,17,20). The lowest BCUT2D eigenvalue weighted by Crippen LogP contribution is -2.37. The Kier molecular flexibility index (Phi) is 5.44. The summed E-state index contributed by atoms with van der Waals surface area (Å²) in [4.78, 5) is 16.0. The summed E-state index contributed by atoms with van der Waals surface area (Å²) in [6.45, 7) is 5.53. The Bertz CT molecular complexity index is 435. The van der Waals surface area contributed by atoms with Gasteiger partial charge in [0.2, 0.25) is 0 Å². The number of rotatable bonds is 6. The Hall–Kier alpha value is -1.52. The highest BCUT2D eigenvalue weighted by atomic mass is 16.2. The number of imidazole rings is 1. The van der Waals surface area contributed by atoms with Crippen LogP contribution in [0.5, 0.6) is 0 Å². The number of carbonyl (C=O) groups excluding carboxylic acids is 1. The fourth-order valence-electron chi connectivity index (χ4n) is 2.93. The molecule has 0 radical (unpaired) electrons. The second-order valence-electron chi connectivity index (χ2n) is 5.56. The summed E-state index contributed by atoms with van der Waals surface area (Å²) in [7, 11) is 0. The molecule has 0 atom stereocenters. The number of aryl methyl sites for hydroxylation is 1. The zero-order valence-electron chi connectivity index (χ0n) is 12.6.